The third-order valence-electron chi connectivity index (χ3n) is 6.71. The van der Waals surface area contributed by atoms with E-state index in [0.29, 0.717) is 10.8 Å². The molecule has 0 spiro atoms. The van der Waals surface area contributed by atoms with Gasteiger partial charge in [0.05, 0.1) is 17.7 Å². The molecule has 232 valence electrons. The molecule has 0 fully saturated rings. The maximum atomic E-state index is 14.9. The molecule has 1 atom stereocenters. The Morgan fingerprint density at radius 2 is 1.66 bits per heavy atom. The highest BCUT2D eigenvalue weighted by Gasteiger charge is 2.62. The van der Waals surface area contributed by atoms with Gasteiger partial charge in [0.25, 0.3) is 5.91 Å². The number of aromatic nitrogens is 3. The van der Waals surface area contributed by atoms with Gasteiger partial charge in [0.2, 0.25) is 17.3 Å². The van der Waals surface area contributed by atoms with Gasteiger partial charge in [0.15, 0.2) is 12.4 Å². The quantitative estimate of drug-likeness (QED) is 0.303. The van der Waals surface area contributed by atoms with Gasteiger partial charge in [-0.1, -0.05) is 18.2 Å². The monoisotopic (exact) mass is 635 g/mol. The second kappa shape index (κ2) is 10.4. The van der Waals surface area contributed by atoms with E-state index >= 15 is 0 Å². The largest absolute Gasteiger partial charge is 0.497 e. The molecule has 0 saturated carbocycles. The fraction of sp³-hybridized carbons (Fsp3) is 0.280. The molecule has 1 unspecified atom stereocenters. The van der Waals surface area contributed by atoms with Crippen LogP contribution in [-0.4, -0.2) is 62.4 Å². The average Bonchev–Trinajstić information content (AvgIpc) is 3.39. The molecule has 2 aliphatic rings. The van der Waals surface area contributed by atoms with E-state index in [-0.39, 0.29) is 16.8 Å². The van der Waals surface area contributed by atoms with E-state index in [1.165, 1.54) is 24.3 Å². The maximum Gasteiger partial charge on any atom is 0.497 e. The summed E-state index contributed by atoms with van der Waals surface area (Å²) in [5.41, 5.74) is -1.18. The highest BCUT2D eigenvalue weighted by Crippen LogP contribution is 2.43. The van der Waals surface area contributed by atoms with Crippen molar-refractivity contribution in [1.82, 2.24) is 24.4 Å². The van der Waals surface area contributed by atoms with Crippen molar-refractivity contribution >= 4 is 29.6 Å². The van der Waals surface area contributed by atoms with Crippen LogP contribution in [0.2, 0.25) is 0 Å². The minimum Gasteiger partial charge on any atom is -0.329 e. The highest BCUT2D eigenvalue weighted by molar-refractivity contribution is 6.37. The van der Waals surface area contributed by atoms with Gasteiger partial charge in [-0.15, -0.1) is 10.2 Å². The Balaban J connectivity index is 1.46. The summed E-state index contributed by atoms with van der Waals surface area (Å²) in [4.78, 5) is 43.1. The predicted octanol–water partition coefficient (Wildman–Crippen LogP) is 4.44. The molecule has 1 aromatic heterocycles. The maximum absolute atomic E-state index is 14.9. The summed E-state index contributed by atoms with van der Waals surface area (Å²) in [5.74, 6) is -13.0. The van der Waals surface area contributed by atoms with Crippen LogP contribution >= 0.6 is 0 Å². The number of halogens is 9. The average molecular weight is 635 g/mol. The number of nitrogens with zero attached hydrogens (tertiary/aromatic N) is 6. The SMILES string of the molecule is O=C1C=N[N+](Cc2ccc(F)c(C(=O)N3CCn4c(nnc4C(F)(F)C(F)(F)F)C3)c2)(OC(=O)C(F)(F)F)c2ccccc21. The number of para-hydroxylation sites is 1. The molecule has 19 heteroatoms. The van der Waals surface area contributed by atoms with Crippen LogP contribution in [0.15, 0.2) is 47.6 Å². The smallest absolute Gasteiger partial charge is 0.329 e. The van der Waals surface area contributed by atoms with E-state index in [4.69, 9.17) is 4.84 Å². The number of hydrogen-bond acceptors (Lipinski definition) is 7. The Morgan fingerprint density at radius 1 is 0.955 bits per heavy atom. The summed E-state index contributed by atoms with van der Waals surface area (Å²) in [6.45, 7) is -2.44. The topological polar surface area (TPSA) is 107 Å². The van der Waals surface area contributed by atoms with Gasteiger partial charge in [-0.25, -0.2) is 14.0 Å². The Labute approximate surface area is 239 Å². The summed E-state index contributed by atoms with van der Waals surface area (Å²) < 4.78 is 120. The molecule has 44 heavy (non-hydrogen) atoms. The van der Waals surface area contributed by atoms with Crippen molar-refractivity contribution in [3.8, 4) is 0 Å². The van der Waals surface area contributed by atoms with Gasteiger partial charge in [-0.05, 0) is 23.3 Å². The molecule has 2 aromatic carbocycles. The second-order valence-corrected chi connectivity index (χ2v) is 9.57. The Morgan fingerprint density at radius 3 is 2.34 bits per heavy atom. The minimum absolute atomic E-state index is 0.0988. The summed E-state index contributed by atoms with van der Waals surface area (Å²) in [6.07, 6.45) is -10.8. The molecule has 1 amide bonds. The van der Waals surface area contributed by atoms with Crippen LogP contribution in [0.4, 0.5) is 45.2 Å². The lowest BCUT2D eigenvalue weighted by Gasteiger charge is -2.31. The Kier molecular flexibility index (Phi) is 7.26. The summed E-state index contributed by atoms with van der Waals surface area (Å²) in [7, 11) is 0. The molecule has 2 aliphatic heterocycles. The third-order valence-corrected chi connectivity index (χ3v) is 6.71. The number of fused-ring (bicyclic) bond motifs is 2. The van der Waals surface area contributed by atoms with E-state index in [1.807, 2.05) is 0 Å². The number of hydroxylamine groups is 1. The fourth-order valence-electron chi connectivity index (χ4n) is 4.63. The van der Waals surface area contributed by atoms with Crippen molar-refractivity contribution in [2.24, 2.45) is 5.10 Å². The van der Waals surface area contributed by atoms with Gasteiger partial charge in [-0.3, -0.25) is 9.59 Å². The van der Waals surface area contributed by atoms with Crippen molar-refractivity contribution in [1.29, 1.82) is 0 Å². The van der Waals surface area contributed by atoms with Crippen molar-refractivity contribution in [3.05, 3.63) is 76.6 Å². The van der Waals surface area contributed by atoms with Crippen molar-refractivity contribution in [2.45, 2.75) is 37.9 Å². The van der Waals surface area contributed by atoms with Crippen LogP contribution < -0.4 is 4.76 Å². The lowest BCUT2D eigenvalue weighted by atomic mass is 10.0. The number of amides is 1. The van der Waals surface area contributed by atoms with Gasteiger partial charge >= 0.3 is 24.2 Å². The molecule has 3 aromatic rings. The normalized spacial score (nSPS) is 18.6. The van der Waals surface area contributed by atoms with Crippen molar-refractivity contribution in [3.63, 3.8) is 0 Å². The van der Waals surface area contributed by atoms with Crippen molar-refractivity contribution in [2.75, 3.05) is 6.54 Å². The molecule has 3 heterocycles. The lowest BCUT2D eigenvalue weighted by Crippen LogP contribution is -2.50. The first kappa shape index (κ1) is 30.6. The van der Waals surface area contributed by atoms with Gasteiger partial charge in [0, 0.05) is 29.5 Å². The van der Waals surface area contributed by atoms with Crippen molar-refractivity contribution < 1.29 is 58.7 Å². The highest BCUT2D eigenvalue weighted by atomic mass is 19.4. The van der Waals surface area contributed by atoms with Crippen LogP contribution in [0.3, 0.4) is 0 Å². The number of rotatable bonds is 5. The Bertz CT molecular complexity index is 1700. The van der Waals surface area contributed by atoms with Crippen LogP contribution in [0.1, 0.15) is 37.9 Å². The van der Waals surface area contributed by atoms with E-state index in [2.05, 4.69) is 15.3 Å². The molecule has 0 saturated heterocycles. The first-order valence-corrected chi connectivity index (χ1v) is 12.3. The summed E-state index contributed by atoms with van der Waals surface area (Å²) in [5, 5.41) is 10.0. The molecular weight excluding hydrogens is 619 g/mol. The molecule has 0 radical (unpaired) electrons. The number of carbonyl (C=O) groups is 3. The number of carbonyl (C=O) groups excluding carboxylic acids is 3. The number of quaternary nitrogens is 1. The Hall–Kier alpha value is -4.81. The predicted molar refractivity (Wildman–Crippen MR) is 128 cm³/mol. The molecule has 10 nitrogen and oxygen atoms in total. The number of alkyl halides is 8. The van der Waals surface area contributed by atoms with Crippen LogP contribution in [0.25, 0.3) is 0 Å². The van der Waals surface area contributed by atoms with Crippen LogP contribution in [0.5, 0.6) is 0 Å². The number of hydrogen-bond donors (Lipinski definition) is 0. The third kappa shape index (κ3) is 5.26. The second-order valence-electron chi connectivity index (χ2n) is 9.57. The number of Topliss-reactive ketones (excluding diaryl/α,β-unsaturated/α-hetero) is 1. The molecule has 0 bridgehead atoms. The number of ketones is 1. The van der Waals surface area contributed by atoms with Gasteiger partial charge in [-0.2, -0.15) is 35.1 Å². The first-order valence-electron chi connectivity index (χ1n) is 12.3. The summed E-state index contributed by atoms with van der Waals surface area (Å²) >= 11 is 0. The van der Waals surface area contributed by atoms with E-state index in [0.717, 1.165) is 23.1 Å². The summed E-state index contributed by atoms with van der Waals surface area (Å²) in [6, 6.07) is 7.93. The van der Waals surface area contributed by atoms with Crippen LogP contribution in [0, 0.1) is 5.82 Å². The molecule has 0 N–H and O–H groups in total. The minimum atomic E-state index is -5.96. The molecule has 0 aliphatic carbocycles. The van der Waals surface area contributed by atoms with E-state index in [1.54, 1.807) is 0 Å². The molecule has 5 rings (SSSR count). The zero-order valence-electron chi connectivity index (χ0n) is 21.7. The first-order chi connectivity index (χ1) is 20.4. The van der Waals surface area contributed by atoms with E-state index < -0.39 is 89.9 Å². The number of benzene rings is 2. The van der Waals surface area contributed by atoms with Crippen LogP contribution in [-0.2, 0) is 35.2 Å². The molecular formula is C25H16F9N6O4+. The fourth-order valence-corrected chi connectivity index (χ4v) is 4.63. The van der Waals surface area contributed by atoms with E-state index in [9.17, 15) is 53.9 Å². The zero-order chi connectivity index (χ0) is 32.2. The van der Waals surface area contributed by atoms with Gasteiger partial charge < -0.3 is 9.47 Å². The standard InChI is InChI=1S/C25H16F9N6O4/c26-16-6-5-13(12-40(44-22(43)24(29,30)31)17-4-2-1-3-14(17)18(41)10-35-40)9-15(16)20(42)38-7-8-39-19(11-38)36-37-21(39)23(27,28)25(32,33)34/h1-6,9-10H,7-8,11-12H2/q+1. The zero-order valence-corrected chi connectivity index (χ0v) is 21.7. The van der Waals surface area contributed by atoms with Gasteiger partial charge in [0.1, 0.15) is 12.0 Å². The lowest BCUT2D eigenvalue weighted by molar-refractivity contribution is -0.293.